The average Bonchev–Trinajstić information content (AvgIpc) is 3.10. The zero-order chi connectivity index (χ0) is 14.9. The van der Waals surface area contributed by atoms with Crippen LogP contribution >= 0.6 is 23.1 Å². The van der Waals surface area contributed by atoms with Crippen molar-refractivity contribution in [3.05, 3.63) is 17.5 Å². The summed E-state index contributed by atoms with van der Waals surface area (Å²) >= 11 is 2.37. The second-order valence-electron chi connectivity index (χ2n) is 5.13. The molecule has 1 saturated heterocycles. The van der Waals surface area contributed by atoms with Crippen LogP contribution < -0.4 is 0 Å². The lowest BCUT2D eigenvalue weighted by atomic mass is 9.94. The number of thioether (sulfide) groups is 1. The molecule has 0 bridgehead atoms. The van der Waals surface area contributed by atoms with E-state index < -0.39 is 10.0 Å². The Morgan fingerprint density at radius 3 is 2.67 bits per heavy atom. The minimum absolute atomic E-state index is 0.0213. The van der Waals surface area contributed by atoms with Crippen LogP contribution in [-0.4, -0.2) is 36.2 Å². The monoisotopic (exact) mass is 344 g/mol. The number of amides is 1. The van der Waals surface area contributed by atoms with Gasteiger partial charge in [0.15, 0.2) is 5.17 Å². The Balaban J connectivity index is 1.89. The van der Waals surface area contributed by atoms with Crippen molar-refractivity contribution in [2.75, 3.05) is 5.75 Å². The molecule has 2 fully saturated rings. The number of nitrogens with zero attached hydrogens (tertiary/aromatic N) is 2. The molecule has 3 rings (SSSR count). The maximum atomic E-state index is 12.3. The van der Waals surface area contributed by atoms with Crippen LogP contribution in [0.25, 0.3) is 0 Å². The fraction of sp³-hybridized carbons (Fsp3) is 0.538. The molecule has 1 aliphatic heterocycles. The van der Waals surface area contributed by atoms with Gasteiger partial charge in [-0.2, -0.15) is 8.42 Å². The van der Waals surface area contributed by atoms with Gasteiger partial charge in [0.1, 0.15) is 4.21 Å². The molecular formula is C13H16N2O3S3. The van der Waals surface area contributed by atoms with Crippen molar-refractivity contribution in [2.24, 2.45) is 4.40 Å². The van der Waals surface area contributed by atoms with Crippen molar-refractivity contribution in [2.45, 2.75) is 42.4 Å². The summed E-state index contributed by atoms with van der Waals surface area (Å²) in [6.07, 6.45) is 5.23. The molecular weight excluding hydrogens is 328 g/mol. The summed E-state index contributed by atoms with van der Waals surface area (Å²) in [7, 11) is -3.70. The largest absolute Gasteiger partial charge is 0.294 e. The van der Waals surface area contributed by atoms with Crippen LogP contribution in [0.15, 0.2) is 26.1 Å². The molecule has 21 heavy (non-hydrogen) atoms. The molecule has 0 unspecified atom stereocenters. The van der Waals surface area contributed by atoms with E-state index in [0.29, 0.717) is 5.17 Å². The van der Waals surface area contributed by atoms with E-state index in [9.17, 15) is 13.2 Å². The average molecular weight is 344 g/mol. The second kappa shape index (κ2) is 6.10. The Morgan fingerprint density at radius 1 is 1.24 bits per heavy atom. The van der Waals surface area contributed by atoms with Gasteiger partial charge in [0.2, 0.25) is 5.91 Å². The molecule has 2 aliphatic rings. The molecule has 1 aliphatic carbocycles. The Bertz CT molecular complexity index is 646. The number of sulfonamides is 1. The van der Waals surface area contributed by atoms with Crippen molar-refractivity contribution in [1.82, 2.24) is 4.90 Å². The van der Waals surface area contributed by atoms with Crippen molar-refractivity contribution in [3.8, 4) is 0 Å². The standard InChI is InChI=1S/C13H16N2O3S3/c16-11-9-20-13(15(11)10-5-2-1-3-6-10)14-21(17,18)12-7-4-8-19-12/h4,7-8,10H,1-3,5-6,9H2. The maximum absolute atomic E-state index is 12.3. The van der Waals surface area contributed by atoms with Crippen molar-refractivity contribution < 1.29 is 13.2 Å². The van der Waals surface area contributed by atoms with Crippen LogP contribution in [-0.2, 0) is 14.8 Å². The number of carbonyl (C=O) groups excluding carboxylic acids is 1. The normalized spacial score (nSPS) is 23.1. The zero-order valence-electron chi connectivity index (χ0n) is 11.4. The highest BCUT2D eigenvalue weighted by molar-refractivity contribution is 8.15. The van der Waals surface area contributed by atoms with Crippen molar-refractivity contribution >= 4 is 44.2 Å². The molecule has 0 N–H and O–H groups in total. The maximum Gasteiger partial charge on any atom is 0.294 e. The quantitative estimate of drug-likeness (QED) is 0.845. The number of carbonyl (C=O) groups is 1. The lowest BCUT2D eigenvalue weighted by Gasteiger charge is -2.30. The van der Waals surface area contributed by atoms with Gasteiger partial charge in [-0.25, -0.2) is 0 Å². The molecule has 0 spiro atoms. The summed E-state index contributed by atoms with van der Waals surface area (Å²) in [5.74, 6) is 0.266. The Kier molecular flexibility index (Phi) is 4.37. The molecule has 2 heterocycles. The molecule has 5 nitrogen and oxygen atoms in total. The van der Waals surface area contributed by atoms with E-state index in [-0.39, 0.29) is 21.9 Å². The first-order valence-corrected chi connectivity index (χ1v) is 10.2. The van der Waals surface area contributed by atoms with Crippen LogP contribution in [0.1, 0.15) is 32.1 Å². The zero-order valence-corrected chi connectivity index (χ0v) is 13.8. The predicted molar refractivity (Wildman–Crippen MR) is 85.1 cm³/mol. The Hall–Kier alpha value is -0.860. The van der Waals surface area contributed by atoms with E-state index in [1.54, 1.807) is 16.3 Å². The number of rotatable bonds is 3. The van der Waals surface area contributed by atoms with Crippen molar-refractivity contribution in [1.29, 1.82) is 0 Å². The highest BCUT2D eigenvalue weighted by atomic mass is 32.2. The summed E-state index contributed by atoms with van der Waals surface area (Å²) in [5, 5.41) is 2.05. The van der Waals surface area contributed by atoms with Gasteiger partial charge in [-0.1, -0.05) is 37.1 Å². The highest BCUT2D eigenvalue weighted by Crippen LogP contribution is 2.31. The topological polar surface area (TPSA) is 66.8 Å². The third-order valence-corrected chi connectivity index (χ3v) is 7.38. The van der Waals surface area contributed by atoms with Gasteiger partial charge < -0.3 is 0 Å². The van der Waals surface area contributed by atoms with E-state index >= 15 is 0 Å². The van der Waals surface area contributed by atoms with E-state index in [1.807, 2.05) is 0 Å². The van der Waals surface area contributed by atoms with Gasteiger partial charge in [-0.05, 0) is 24.3 Å². The van der Waals surface area contributed by atoms with E-state index in [0.717, 1.165) is 37.0 Å². The number of hydrogen-bond donors (Lipinski definition) is 0. The fourth-order valence-electron chi connectivity index (χ4n) is 2.70. The van der Waals surface area contributed by atoms with Crippen LogP contribution in [0, 0.1) is 0 Å². The van der Waals surface area contributed by atoms with Gasteiger partial charge in [-0.3, -0.25) is 9.69 Å². The number of hydrogen-bond acceptors (Lipinski definition) is 5. The number of thiophene rings is 1. The summed E-state index contributed by atoms with van der Waals surface area (Å²) in [4.78, 5) is 13.7. The minimum Gasteiger partial charge on any atom is -0.287 e. The molecule has 0 radical (unpaired) electrons. The molecule has 1 aromatic heterocycles. The van der Waals surface area contributed by atoms with E-state index in [2.05, 4.69) is 4.40 Å². The van der Waals surface area contributed by atoms with Crippen LogP contribution in [0.5, 0.6) is 0 Å². The fourth-order valence-corrected chi connectivity index (χ4v) is 5.83. The predicted octanol–water partition coefficient (Wildman–Crippen LogP) is 2.70. The smallest absolute Gasteiger partial charge is 0.287 e. The molecule has 1 saturated carbocycles. The van der Waals surface area contributed by atoms with Crippen molar-refractivity contribution in [3.63, 3.8) is 0 Å². The third-order valence-electron chi connectivity index (χ3n) is 3.69. The summed E-state index contributed by atoms with van der Waals surface area (Å²) in [6.45, 7) is 0. The Morgan fingerprint density at radius 2 is 2.00 bits per heavy atom. The number of amidine groups is 1. The van der Waals surface area contributed by atoms with Gasteiger partial charge in [-0.15, -0.1) is 15.7 Å². The highest BCUT2D eigenvalue weighted by Gasteiger charge is 2.36. The SMILES string of the molecule is O=C1CSC(=NS(=O)(=O)c2cccs2)N1C1CCCCC1. The summed E-state index contributed by atoms with van der Waals surface area (Å²) in [5.41, 5.74) is 0. The molecule has 114 valence electrons. The van der Waals surface area contributed by atoms with E-state index in [4.69, 9.17) is 0 Å². The minimum atomic E-state index is -3.70. The van der Waals surface area contributed by atoms with Gasteiger partial charge >= 0.3 is 0 Å². The molecule has 8 heteroatoms. The van der Waals surface area contributed by atoms with Gasteiger partial charge in [0, 0.05) is 6.04 Å². The molecule has 0 aromatic carbocycles. The first-order valence-electron chi connectivity index (χ1n) is 6.91. The van der Waals surface area contributed by atoms with Crippen LogP contribution in [0.4, 0.5) is 0 Å². The summed E-state index contributed by atoms with van der Waals surface area (Å²) in [6, 6.07) is 3.33. The molecule has 1 amide bonds. The lowest BCUT2D eigenvalue weighted by Crippen LogP contribution is -2.41. The molecule has 1 aromatic rings. The van der Waals surface area contributed by atoms with Gasteiger partial charge in [0.05, 0.1) is 5.75 Å². The van der Waals surface area contributed by atoms with E-state index in [1.165, 1.54) is 24.2 Å². The van der Waals surface area contributed by atoms with Gasteiger partial charge in [0.25, 0.3) is 10.0 Å². The first-order chi connectivity index (χ1) is 10.1. The van der Waals surface area contributed by atoms with Crippen LogP contribution in [0.2, 0.25) is 0 Å². The molecule has 0 atom stereocenters. The second-order valence-corrected chi connectivity index (χ2v) is 8.85. The lowest BCUT2D eigenvalue weighted by molar-refractivity contribution is -0.126. The van der Waals surface area contributed by atoms with Crippen LogP contribution in [0.3, 0.4) is 0 Å². The summed E-state index contributed by atoms with van der Waals surface area (Å²) < 4.78 is 28.7. The first kappa shape index (κ1) is 15.1. The Labute approximate surface area is 132 Å². The third kappa shape index (κ3) is 3.17.